The molecule has 0 heterocycles. The predicted molar refractivity (Wildman–Crippen MR) is 90.6 cm³/mol. The van der Waals surface area contributed by atoms with E-state index in [2.05, 4.69) is 22.6 Å². The van der Waals surface area contributed by atoms with E-state index in [1.807, 2.05) is 30.3 Å². The number of aromatic hydroxyl groups is 1. The van der Waals surface area contributed by atoms with Crippen LogP contribution in [-0.4, -0.2) is 18.2 Å². The number of methoxy groups -OCH3 is 1. The summed E-state index contributed by atoms with van der Waals surface area (Å²) in [5, 5.41) is 9.77. The molecule has 0 radical (unpaired) electrons. The highest BCUT2D eigenvalue weighted by Crippen LogP contribution is 2.22. The van der Waals surface area contributed by atoms with Crippen molar-refractivity contribution in [1.82, 2.24) is 0 Å². The fourth-order valence-corrected chi connectivity index (χ4v) is 3.06. The third-order valence-electron chi connectivity index (χ3n) is 3.39. The molecule has 0 amide bonds. The van der Waals surface area contributed by atoms with Crippen molar-refractivity contribution in [1.29, 1.82) is 0 Å². The zero-order chi connectivity index (χ0) is 15.2. The minimum absolute atomic E-state index is 0.300. The van der Waals surface area contributed by atoms with Crippen molar-refractivity contribution in [2.45, 2.75) is 19.3 Å². The van der Waals surface area contributed by atoms with Gasteiger partial charge in [0.2, 0.25) is 0 Å². The van der Waals surface area contributed by atoms with Crippen molar-refractivity contribution in [3.63, 3.8) is 0 Å². The van der Waals surface area contributed by atoms with Crippen LogP contribution in [0.2, 0.25) is 0 Å². The molecule has 0 unspecified atom stereocenters. The van der Waals surface area contributed by atoms with E-state index in [0.29, 0.717) is 11.3 Å². The van der Waals surface area contributed by atoms with Gasteiger partial charge >= 0.3 is 5.97 Å². The molecule has 21 heavy (non-hydrogen) atoms. The van der Waals surface area contributed by atoms with Crippen LogP contribution >= 0.6 is 22.6 Å². The fourth-order valence-electron chi connectivity index (χ4n) is 2.29. The highest BCUT2D eigenvalue weighted by molar-refractivity contribution is 14.1. The summed E-state index contributed by atoms with van der Waals surface area (Å²) in [6.45, 7) is 0. The lowest BCUT2D eigenvalue weighted by Crippen LogP contribution is -2.07. The number of ether oxygens (including phenoxy) is 1. The average Bonchev–Trinajstić information content (AvgIpc) is 2.50. The van der Waals surface area contributed by atoms with E-state index in [1.165, 1.54) is 7.11 Å². The summed E-state index contributed by atoms with van der Waals surface area (Å²) in [4.78, 5) is 11.8. The van der Waals surface area contributed by atoms with Gasteiger partial charge in [-0.3, -0.25) is 0 Å². The lowest BCUT2D eigenvalue weighted by atomic mass is 9.99. The van der Waals surface area contributed by atoms with E-state index >= 15 is 0 Å². The standard InChI is InChI=1S/C17H17IO3/c1-21-17(20)14-9-5-10-15(18)13(14)8-4-7-12-6-2-3-11-16(12)19/h2-3,5-6,9-11,19H,4,7-8H2,1H3. The van der Waals surface area contributed by atoms with Gasteiger partial charge < -0.3 is 9.84 Å². The van der Waals surface area contributed by atoms with Crippen LogP contribution in [0, 0.1) is 3.57 Å². The molecule has 4 heteroatoms. The first-order chi connectivity index (χ1) is 10.1. The van der Waals surface area contributed by atoms with E-state index in [1.54, 1.807) is 12.1 Å². The van der Waals surface area contributed by atoms with Gasteiger partial charge in [0.1, 0.15) is 5.75 Å². The Bertz CT molecular complexity index is 638. The van der Waals surface area contributed by atoms with E-state index in [-0.39, 0.29) is 5.97 Å². The number of phenols is 1. The zero-order valence-corrected chi connectivity index (χ0v) is 14.0. The third-order valence-corrected chi connectivity index (χ3v) is 4.40. The molecule has 2 aromatic carbocycles. The number of phenolic OH excluding ortho intramolecular Hbond substituents is 1. The normalized spacial score (nSPS) is 10.4. The van der Waals surface area contributed by atoms with E-state index in [0.717, 1.165) is 34.0 Å². The van der Waals surface area contributed by atoms with Crippen LogP contribution in [0.3, 0.4) is 0 Å². The number of carbonyl (C=O) groups is 1. The summed E-state index contributed by atoms with van der Waals surface area (Å²) in [7, 11) is 1.40. The summed E-state index contributed by atoms with van der Waals surface area (Å²) in [6.07, 6.45) is 2.41. The molecule has 0 bridgehead atoms. The molecule has 1 N–H and O–H groups in total. The largest absolute Gasteiger partial charge is 0.508 e. The second-order valence-corrected chi connectivity index (χ2v) is 5.90. The molecule has 0 aliphatic rings. The maximum atomic E-state index is 11.8. The number of hydrogen-bond donors (Lipinski definition) is 1. The Labute approximate surface area is 138 Å². The van der Waals surface area contributed by atoms with Crippen LogP contribution < -0.4 is 0 Å². The summed E-state index contributed by atoms with van der Waals surface area (Å²) >= 11 is 2.24. The van der Waals surface area contributed by atoms with Crippen LogP contribution in [0.5, 0.6) is 5.75 Å². The highest BCUT2D eigenvalue weighted by Gasteiger charge is 2.14. The Balaban J connectivity index is 2.10. The molecule has 0 fully saturated rings. The quantitative estimate of drug-likeness (QED) is 0.615. The second-order valence-electron chi connectivity index (χ2n) is 4.74. The SMILES string of the molecule is COC(=O)c1cccc(I)c1CCCc1ccccc1O. The molecule has 3 nitrogen and oxygen atoms in total. The average molecular weight is 396 g/mol. The van der Waals surface area contributed by atoms with Crippen molar-refractivity contribution in [3.8, 4) is 5.75 Å². The van der Waals surface area contributed by atoms with Gasteiger partial charge in [0.05, 0.1) is 12.7 Å². The van der Waals surface area contributed by atoms with Crippen molar-refractivity contribution in [2.24, 2.45) is 0 Å². The van der Waals surface area contributed by atoms with Crippen molar-refractivity contribution in [2.75, 3.05) is 7.11 Å². The minimum Gasteiger partial charge on any atom is -0.508 e. The molecule has 0 aromatic heterocycles. The lowest BCUT2D eigenvalue weighted by molar-refractivity contribution is 0.0599. The van der Waals surface area contributed by atoms with Gasteiger partial charge in [0.25, 0.3) is 0 Å². The molecule has 2 rings (SSSR count). The molecule has 0 aliphatic carbocycles. The van der Waals surface area contributed by atoms with Gasteiger partial charge in [-0.15, -0.1) is 0 Å². The number of rotatable bonds is 5. The first kappa shape index (κ1) is 15.8. The van der Waals surface area contributed by atoms with E-state index < -0.39 is 0 Å². The summed E-state index contributed by atoms with van der Waals surface area (Å²) < 4.78 is 5.90. The van der Waals surface area contributed by atoms with Crippen LogP contribution in [0.15, 0.2) is 42.5 Å². The molecule has 2 aromatic rings. The summed E-state index contributed by atoms with van der Waals surface area (Å²) in [5.74, 6) is 0.0273. The Morgan fingerprint density at radius 2 is 1.90 bits per heavy atom. The van der Waals surface area contributed by atoms with Crippen molar-refractivity contribution in [3.05, 3.63) is 62.7 Å². The molecule has 110 valence electrons. The Morgan fingerprint density at radius 3 is 2.62 bits per heavy atom. The van der Waals surface area contributed by atoms with Crippen molar-refractivity contribution < 1.29 is 14.6 Å². The number of para-hydroxylation sites is 1. The van der Waals surface area contributed by atoms with Gasteiger partial charge in [-0.1, -0.05) is 24.3 Å². The highest BCUT2D eigenvalue weighted by atomic mass is 127. The molecule has 0 spiro atoms. The minimum atomic E-state index is -0.300. The molecular formula is C17H17IO3. The monoisotopic (exact) mass is 396 g/mol. The lowest BCUT2D eigenvalue weighted by Gasteiger charge is -2.10. The number of benzene rings is 2. The van der Waals surface area contributed by atoms with Gasteiger partial charge in [-0.25, -0.2) is 4.79 Å². The summed E-state index contributed by atoms with van der Waals surface area (Å²) in [5.41, 5.74) is 2.57. The Kier molecular flexibility index (Phi) is 5.61. The molecule has 0 saturated carbocycles. The molecular weight excluding hydrogens is 379 g/mol. The van der Waals surface area contributed by atoms with Crippen LogP contribution in [0.1, 0.15) is 27.9 Å². The fraction of sp³-hybridized carbons (Fsp3) is 0.235. The van der Waals surface area contributed by atoms with Crippen molar-refractivity contribution >= 4 is 28.6 Å². The van der Waals surface area contributed by atoms with E-state index in [4.69, 9.17) is 4.74 Å². The molecule has 0 atom stereocenters. The number of esters is 1. The number of aryl methyl sites for hydroxylation is 1. The Morgan fingerprint density at radius 1 is 1.14 bits per heavy atom. The van der Waals surface area contributed by atoms with Crippen LogP contribution in [-0.2, 0) is 17.6 Å². The predicted octanol–water partition coefficient (Wildman–Crippen LogP) is 3.96. The van der Waals surface area contributed by atoms with Crippen LogP contribution in [0.25, 0.3) is 0 Å². The first-order valence-corrected chi connectivity index (χ1v) is 7.84. The summed E-state index contributed by atoms with van der Waals surface area (Å²) in [6, 6.07) is 13.0. The smallest absolute Gasteiger partial charge is 0.338 e. The second kappa shape index (κ2) is 7.45. The van der Waals surface area contributed by atoms with E-state index in [9.17, 15) is 9.90 Å². The zero-order valence-electron chi connectivity index (χ0n) is 11.8. The third kappa shape index (κ3) is 3.97. The van der Waals surface area contributed by atoms with Gasteiger partial charge in [-0.2, -0.15) is 0 Å². The molecule has 0 aliphatic heterocycles. The maximum Gasteiger partial charge on any atom is 0.338 e. The number of carbonyl (C=O) groups excluding carboxylic acids is 1. The first-order valence-electron chi connectivity index (χ1n) is 6.76. The van der Waals surface area contributed by atoms with Gasteiger partial charge in [-0.05, 0) is 71.2 Å². The van der Waals surface area contributed by atoms with Gasteiger partial charge in [0, 0.05) is 3.57 Å². The number of halogens is 1. The van der Waals surface area contributed by atoms with Crippen LogP contribution in [0.4, 0.5) is 0 Å². The Hall–Kier alpha value is -1.56. The topological polar surface area (TPSA) is 46.5 Å². The number of hydrogen-bond acceptors (Lipinski definition) is 3. The molecule has 0 saturated heterocycles. The maximum absolute atomic E-state index is 11.8. The van der Waals surface area contributed by atoms with Gasteiger partial charge in [0.15, 0.2) is 0 Å².